The van der Waals surface area contributed by atoms with Gasteiger partial charge in [-0.05, 0) is 55.0 Å². The summed E-state index contributed by atoms with van der Waals surface area (Å²) in [6.45, 7) is 0.393. The Kier molecular flexibility index (Phi) is 8.11. The Morgan fingerprint density at radius 2 is 1.91 bits per heavy atom. The summed E-state index contributed by atoms with van der Waals surface area (Å²) >= 11 is 5.34. The van der Waals surface area contributed by atoms with Gasteiger partial charge >= 0.3 is 12.3 Å². The second-order valence-electron chi connectivity index (χ2n) is 7.16. The van der Waals surface area contributed by atoms with Crippen LogP contribution in [0.1, 0.15) is 18.1 Å². The van der Waals surface area contributed by atoms with Crippen molar-refractivity contribution in [3.63, 3.8) is 0 Å². The second kappa shape index (κ2) is 10.8. The Balaban J connectivity index is 1.82. The first-order chi connectivity index (χ1) is 16.2. The molecule has 0 saturated carbocycles. The molecule has 0 bridgehead atoms. The van der Waals surface area contributed by atoms with E-state index in [9.17, 15) is 22.4 Å². The summed E-state index contributed by atoms with van der Waals surface area (Å²) in [7, 11) is 1.37. The molecular weight excluding hydrogens is 476 g/mol. The minimum atomic E-state index is -4.26. The van der Waals surface area contributed by atoms with Crippen molar-refractivity contribution in [3.8, 4) is 11.5 Å². The molecule has 34 heavy (non-hydrogen) atoms. The molecule has 0 spiro atoms. The summed E-state index contributed by atoms with van der Waals surface area (Å²) in [5, 5.41) is 3.02. The highest BCUT2D eigenvalue weighted by Crippen LogP contribution is 2.32. The molecule has 0 atom stereocenters. The SMILES string of the molecule is CCOc1ccccc1N1C(=O)/C(=C\c2ccc(OC)c(COCC(F)(F)C(F)F)c2)NC1=S. The van der Waals surface area contributed by atoms with Gasteiger partial charge in [0.2, 0.25) is 0 Å². The Labute approximate surface area is 199 Å². The topological polar surface area (TPSA) is 60.0 Å². The number of rotatable bonds is 10. The zero-order valence-corrected chi connectivity index (χ0v) is 19.1. The van der Waals surface area contributed by atoms with Gasteiger partial charge in [-0.25, -0.2) is 13.7 Å². The molecule has 1 amide bonds. The number of carbonyl (C=O) groups is 1. The fourth-order valence-corrected chi connectivity index (χ4v) is 3.49. The average molecular weight is 498 g/mol. The number of amides is 1. The maximum atomic E-state index is 13.1. The first kappa shape index (κ1) is 25.4. The third-order valence-electron chi connectivity index (χ3n) is 4.77. The number of benzene rings is 2. The van der Waals surface area contributed by atoms with E-state index in [0.29, 0.717) is 34.9 Å². The summed E-state index contributed by atoms with van der Waals surface area (Å²) in [5.74, 6) is -3.86. The lowest BCUT2D eigenvalue weighted by Gasteiger charge is -2.18. The summed E-state index contributed by atoms with van der Waals surface area (Å²) in [4.78, 5) is 14.4. The molecule has 1 N–H and O–H groups in total. The fourth-order valence-electron chi connectivity index (χ4n) is 3.20. The first-order valence-electron chi connectivity index (χ1n) is 10.2. The normalized spacial score (nSPS) is 15.3. The third-order valence-corrected chi connectivity index (χ3v) is 5.06. The van der Waals surface area contributed by atoms with Gasteiger partial charge in [0.25, 0.3) is 5.91 Å². The second-order valence-corrected chi connectivity index (χ2v) is 7.54. The van der Waals surface area contributed by atoms with Crippen LogP contribution in [0.25, 0.3) is 6.08 Å². The van der Waals surface area contributed by atoms with E-state index in [2.05, 4.69) is 5.32 Å². The van der Waals surface area contributed by atoms with E-state index in [1.54, 1.807) is 42.5 Å². The number of methoxy groups -OCH3 is 1. The Hall–Kier alpha value is -3.18. The molecule has 0 aliphatic carbocycles. The Bertz CT molecular complexity index is 1090. The predicted molar refractivity (Wildman–Crippen MR) is 122 cm³/mol. The van der Waals surface area contributed by atoms with Crippen LogP contribution in [0, 0.1) is 0 Å². The lowest BCUT2D eigenvalue weighted by molar-refractivity contribution is -0.168. The van der Waals surface area contributed by atoms with Gasteiger partial charge in [0.1, 0.15) is 23.8 Å². The maximum absolute atomic E-state index is 13.1. The lowest BCUT2D eigenvalue weighted by Crippen LogP contribution is -2.32. The van der Waals surface area contributed by atoms with Crippen molar-refractivity contribution >= 4 is 35.0 Å². The third kappa shape index (κ3) is 5.65. The molecule has 1 heterocycles. The van der Waals surface area contributed by atoms with Crippen LogP contribution in [0.4, 0.5) is 23.2 Å². The molecule has 0 unspecified atom stereocenters. The van der Waals surface area contributed by atoms with Crippen LogP contribution in [0.5, 0.6) is 11.5 Å². The number of ether oxygens (including phenoxy) is 3. The van der Waals surface area contributed by atoms with Gasteiger partial charge < -0.3 is 19.5 Å². The van der Waals surface area contributed by atoms with Crippen molar-refractivity contribution in [2.24, 2.45) is 0 Å². The standard InChI is InChI=1S/C23H22F4N2O4S/c1-3-33-19-7-5-4-6-17(19)29-20(30)16(28-22(29)34)11-14-8-9-18(31-2)15(10-14)12-32-13-23(26,27)21(24)25/h4-11,21H,3,12-13H2,1-2H3,(H,28,34)/b16-11+. The molecular formula is C23H22F4N2O4S. The number of hydrogen-bond donors (Lipinski definition) is 1. The maximum Gasteiger partial charge on any atom is 0.330 e. The minimum absolute atomic E-state index is 0.162. The van der Waals surface area contributed by atoms with Crippen LogP contribution in [-0.2, 0) is 16.1 Å². The van der Waals surface area contributed by atoms with E-state index in [1.165, 1.54) is 18.1 Å². The van der Waals surface area contributed by atoms with Crippen LogP contribution >= 0.6 is 12.2 Å². The van der Waals surface area contributed by atoms with E-state index in [-0.39, 0.29) is 10.8 Å². The molecule has 0 radical (unpaired) electrons. The van der Waals surface area contributed by atoms with Crippen molar-refractivity contribution in [2.75, 3.05) is 25.2 Å². The Morgan fingerprint density at radius 3 is 2.59 bits per heavy atom. The highest BCUT2D eigenvalue weighted by atomic mass is 32.1. The lowest BCUT2D eigenvalue weighted by atomic mass is 10.1. The summed E-state index contributed by atoms with van der Waals surface area (Å²) < 4.78 is 66.5. The molecule has 2 aromatic rings. The number of anilines is 1. The van der Waals surface area contributed by atoms with E-state index >= 15 is 0 Å². The van der Waals surface area contributed by atoms with Gasteiger partial charge in [-0.3, -0.25) is 4.79 Å². The van der Waals surface area contributed by atoms with E-state index in [1.807, 2.05) is 6.92 Å². The fraction of sp³-hybridized carbons (Fsp3) is 0.304. The zero-order chi connectivity index (χ0) is 24.9. The quantitative estimate of drug-likeness (QED) is 0.289. The number of alkyl halides is 4. The minimum Gasteiger partial charge on any atom is -0.496 e. The molecule has 3 rings (SSSR count). The summed E-state index contributed by atoms with van der Waals surface area (Å²) in [6, 6.07) is 11.7. The molecule has 182 valence electrons. The summed E-state index contributed by atoms with van der Waals surface area (Å²) in [6.07, 6.45) is -2.31. The average Bonchev–Trinajstić information content (AvgIpc) is 3.07. The molecule has 1 fully saturated rings. The van der Waals surface area contributed by atoms with Crippen LogP contribution in [0.3, 0.4) is 0 Å². The molecule has 1 saturated heterocycles. The number of hydrogen-bond acceptors (Lipinski definition) is 5. The van der Waals surface area contributed by atoms with Crippen LogP contribution in [0.15, 0.2) is 48.2 Å². The predicted octanol–water partition coefficient (Wildman–Crippen LogP) is 4.77. The molecule has 1 aliphatic rings. The number of para-hydroxylation sites is 2. The first-order valence-corrected chi connectivity index (χ1v) is 10.6. The van der Waals surface area contributed by atoms with Gasteiger partial charge in [-0.2, -0.15) is 8.78 Å². The van der Waals surface area contributed by atoms with Crippen molar-refractivity contribution in [1.29, 1.82) is 0 Å². The van der Waals surface area contributed by atoms with E-state index in [4.69, 9.17) is 26.4 Å². The smallest absolute Gasteiger partial charge is 0.330 e. The molecule has 0 aromatic heterocycles. The highest BCUT2D eigenvalue weighted by Gasteiger charge is 2.41. The molecule has 1 aliphatic heterocycles. The number of thiocarbonyl (C=S) groups is 1. The summed E-state index contributed by atoms with van der Waals surface area (Å²) in [5.41, 5.74) is 1.52. The molecule has 11 heteroatoms. The van der Waals surface area contributed by atoms with Crippen LogP contribution in [-0.4, -0.2) is 43.7 Å². The van der Waals surface area contributed by atoms with Gasteiger partial charge in [0.15, 0.2) is 5.11 Å². The number of nitrogens with zero attached hydrogens (tertiary/aromatic N) is 1. The highest BCUT2D eigenvalue weighted by molar-refractivity contribution is 7.80. The number of nitrogens with one attached hydrogen (secondary N) is 1. The van der Waals surface area contributed by atoms with Crippen molar-refractivity contribution in [3.05, 3.63) is 59.3 Å². The van der Waals surface area contributed by atoms with Crippen LogP contribution in [0.2, 0.25) is 0 Å². The van der Waals surface area contributed by atoms with Gasteiger partial charge in [-0.1, -0.05) is 18.2 Å². The van der Waals surface area contributed by atoms with Gasteiger partial charge in [0.05, 0.1) is 26.0 Å². The van der Waals surface area contributed by atoms with E-state index < -0.39 is 31.5 Å². The van der Waals surface area contributed by atoms with Crippen molar-refractivity contribution in [1.82, 2.24) is 5.32 Å². The zero-order valence-electron chi connectivity index (χ0n) is 18.3. The largest absolute Gasteiger partial charge is 0.496 e. The van der Waals surface area contributed by atoms with E-state index in [0.717, 1.165) is 0 Å². The molecule has 6 nitrogen and oxygen atoms in total. The monoisotopic (exact) mass is 498 g/mol. The number of carbonyl (C=O) groups excluding carboxylic acids is 1. The van der Waals surface area contributed by atoms with Crippen molar-refractivity contribution in [2.45, 2.75) is 25.9 Å². The van der Waals surface area contributed by atoms with Gasteiger partial charge in [0, 0.05) is 5.56 Å². The molecule has 2 aromatic carbocycles. The van der Waals surface area contributed by atoms with Crippen LogP contribution < -0.4 is 19.7 Å². The Morgan fingerprint density at radius 1 is 1.18 bits per heavy atom. The van der Waals surface area contributed by atoms with Gasteiger partial charge in [-0.15, -0.1) is 0 Å². The van der Waals surface area contributed by atoms with Crippen molar-refractivity contribution < 1.29 is 36.6 Å². The number of halogens is 4.